The van der Waals surface area contributed by atoms with Gasteiger partial charge >= 0.3 is 11.1 Å². The average molecular weight is 434 g/mol. The van der Waals surface area contributed by atoms with Crippen molar-refractivity contribution in [3.8, 4) is 34.6 Å². The van der Waals surface area contributed by atoms with Gasteiger partial charge in [-0.2, -0.15) is 4.98 Å². The van der Waals surface area contributed by atoms with Crippen LogP contribution in [-0.4, -0.2) is 25.1 Å². The molecule has 0 aliphatic carbocycles. The molecule has 0 aliphatic rings. The average Bonchev–Trinajstić information content (AvgIpc) is 3.27. The second-order valence-corrected chi connectivity index (χ2v) is 6.95. The van der Waals surface area contributed by atoms with E-state index >= 15 is 0 Å². The van der Waals surface area contributed by atoms with Crippen LogP contribution >= 0.6 is 11.6 Å². The van der Waals surface area contributed by atoms with Crippen molar-refractivity contribution >= 4 is 22.6 Å². The highest BCUT2D eigenvalue weighted by molar-refractivity contribution is 6.30. The van der Waals surface area contributed by atoms with Crippen LogP contribution in [0.1, 0.15) is 0 Å². The highest BCUT2D eigenvalue weighted by Crippen LogP contribution is 2.26. The fourth-order valence-corrected chi connectivity index (χ4v) is 3.04. The van der Waals surface area contributed by atoms with Gasteiger partial charge in [-0.3, -0.25) is 9.59 Å². The first kappa shape index (κ1) is 18.8. The number of halogens is 1. The largest absolute Gasteiger partial charge is 0.439 e. The predicted octanol–water partition coefficient (Wildman–Crippen LogP) is 3.77. The standard InChI is InChI=1S/C21H12ClN5O4/c22-12-5-7-13(8-6-12)30-17-3-1-2-15(23-17)18-26-21(31-27-18)11-4-9-14-16(10-11)25-20(29)19(28)24-14/h1-10H,(H,24,28)(H,25,29). The lowest BCUT2D eigenvalue weighted by Gasteiger charge is -2.05. The third-order valence-electron chi connectivity index (χ3n) is 4.38. The van der Waals surface area contributed by atoms with Crippen LogP contribution in [0.25, 0.3) is 34.0 Å². The Morgan fingerprint density at radius 1 is 0.871 bits per heavy atom. The Hall–Kier alpha value is -4.24. The van der Waals surface area contributed by atoms with Gasteiger partial charge in [-0.1, -0.05) is 22.8 Å². The summed E-state index contributed by atoms with van der Waals surface area (Å²) in [5.74, 6) is 1.45. The topological polar surface area (TPSA) is 127 Å². The van der Waals surface area contributed by atoms with Gasteiger partial charge in [-0.15, -0.1) is 0 Å². The molecular weight excluding hydrogens is 422 g/mol. The number of hydrogen-bond donors (Lipinski definition) is 2. The Morgan fingerprint density at radius 3 is 2.45 bits per heavy atom. The number of hydrogen-bond acceptors (Lipinski definition) is 7. The smallest absolute Gasteiger partial charge is 0.314 e. The SMILES string of the molecule is O=c1[nH]c2ccc(-c3nc(-c4cccc(Oc5ccc(Cl)cc5)n4)no3)cc2[nH]c1=O. The Labute approximate surface area is 178 Å². The molecule has 0 fully saturated rings. The molecule has 5 aromatic rings. The lowest BCUT2D eigenvalue weighted by molar-refractivity contribution is 0.431. The molecule has 0 unspecified atom stereocenters. The second kappa shape index (κ2) is 7.54. The van der Waals surface area contributed by atoms with E-state index < -0.39 is 11.1 Å². The van der Waals surface area contributed by atoms with Crippen LogP contribution in [-0.2, 0) is 0 Å². The van der Waals surface area contributed by atoms with Crippen molar-refractivity contribution in [2.75, 3.05) is 0 Å². The third-order valence-corrected chi connectivity index (χ3v) is 4.64. The molecule has 152 valence electrons. The third kappa shape index (κ3) is 3.81. The Bertz CT molecular complexity index is 1520. The molecule has 0 amide bonds. The summed E-state index contributed by atoms with van der Waals surface area (Å²) in [4.78, 5) is 36.8. The van der Waals surface area contributed by atoms with Crippen LogP contribution in [0.2, 0.25) is 5.02 Å². The second-order valence-electron chi connectivity index (χ2n) is 6.51. The van der Waals surface area contributed by atoms with Gasteiger partial charge in [-0.05, 0) is 48.5 Å². The van der Waals surface area contributed by atoms with E-state index in [1.807, 2.05) is 0 Å². The summed E-state index contributed by atoms with van der Waals surface area (Å²) < 4.78 is 11.1. The van der Waals surface area contributed by atoms with E-state index in [1.54, 1.807) is 60.7 Å². The molecule has 0 bridgehead atoms. The number of nitrogens with zero attached hydrogens (tertiary/aromatic N) is 3. The summed E-state index contributed by atoms with van der Waals surface area (Å²) in [5.41, 5.74) is 0.507. The highest BCUT2D eigenvalue weighted by Gasteiger charge is 2.14. The fraction of sp³-hybridized carbons (Fsp3) is 0. The molecule has 5 rings (SSSR count). The van der Waals surface area contributed by atoms with E-state index in [0.717, 1.165) is 0 Å². The quantitative estimate of drug-likeness (QED) is 0.413. The van der Waals surface area contributed by atoms with Crippen molar-refractivity contribution in [2.24, 2.45) is 0 Å². The first-order chi connectivity index (χ1) is 15.0. The molecular formula is C21H12ClN5O4. The van der Waals surface area contributed by atoms with Crippen LogP contribution in [0.3, 0.4) is 0 Å². The predicted molar refractivity (Wildman–Crippen MR) is 113 cm³/mol. The van der Waals surface area contributed by atoms with E-state index in [2.05, 4.69) is 25.1 Å². The normalized spacial score (nSPS) is 11.0. The van der Waals surface area contributed by atoms with Crippen molar-refractivity contribution in [3.05, 3.63) is 86.4 Å². The van der Waals surface area contributed by atoms with Gasteiger partial charge in [-0.25, -0.2) is 4.98 Å². The minimum absolute atomic E-state index is 0.231. The lowest BCUT2D eigenvalue weighted by atomic mass is 10.2. The summed E-state index contributed by atoms with van der Waals surface area (Å²) in [5, 5.41) is 4.59. The van der Waals surface area contributed by atoms with E-state index in [0.29, 0.717) is 38.9 Å². The molecule has 10 heteroatoms. The molecule has 2 aromatic carbocycles. The van der Waals surface area contributed by atoms with Crippen LogP contribution < -0.4 is 15.9 Å². The van der Waals surface area contributed by atoms with Gasteiger partial charge in [0.1, 0.15) is 11.4 Å². The fourth-order valence-electron chi connectivity index (χ4n) is 2.91. The number of fused-ring (bicyclic) bond motifs is 1. The number of aromatic amines is 2. The van der Waals surface area contributed by atoms with Crippen LogP contribution in [0.4, 0.5) is 0 Å². The molecule has 0 saturated carbocycles. The summed E-state index contributed by atoms with van der Waals surface area (Å²) in [6, 6.07) is 17.1. The Kier molecular flexibility index (Phi) is 4.57. The monoisotopic (exact) mass is 433 g/mol. The number of pyridine rings is 1. The molecule has 31 heavy (non-hydrogen) atoms. The van der Waals surface area contributed by atoms with Gasteiger partial charge in [0.05, 0.1) is 11.0 Å². The molecule has 3 aromatic heterocycles. The zero-order chi connectivity index (χ0) is 21.4. The maximum absolute atomic E-state index is 11.6. The minimum Gasteiger partial charge on any atom is -0.439 e. The van der Waals surface area contributed by atoms with Crippen molar-refractivity contribution in [3.63, 3.8) is 0 Å². The molecule has 0 aliphatic heterocycles. The van der Waals surface area contributed by atoms with Crippen molar-refractivity contribution in [2.45, 2.75) is 0 Å². The molecule has 0 spiro atoms. The van der Waals surface area contributed by atoms with Crippen LogP contribution in [0, 0.1) is 0 Å². The number of ether oxygens (including phenoxy) is 1. The Balaban J connectivity index is 1.45. The molecule has 9 nitrogen and oxygen atoms in total. The molecule has 2 N–H and O–H groups in total. The zero-order valence-electron chi connectivity index (χ0n) is 15.6. The summed E-state index contributed by atoms with van der Waals surface area (Å²) >= 11 is 5.89. The summed E-state index contributed by atoms with van der Waals surface area (Å²) in [6.45, 7) is 0. The van der Waals surface area contributed by atoms with Crippen molar-refractivity contribution < 1.29 is 9.26 Å². The van der Waals surface area contributed by atoms with Gasteiger partial charge < -0.3 is 19.2 Å². The highest BCUT2D eigenvalue weighted by atomic mass is 35.5. The number of nitrogens with one attached hydrogen (secondary N) is 2. The van der Waals surface area contributed by atoms with E-state index in [4.69, 9.17) is 20.9 Å². The summed E-state index contributed by atoms with van der Waals surface area (Å²) in [7, 11) is 0. The maximum atomic E-state index is 11.6. The van der Waals surface area contributed by atoms with E-state index in [9.17, 15) is 9.59 Å². The van der Waals surface area contributed by atoms with Crippen molar-refractivity contribution in [1.29, 1.82) is 0 Å². The maximum Gasteiger partial charge on any atom is 0.314 e. The zero-order valence-corrected chi connectivity index (χ0v) is 16.4. The summed E-state index contributed by atoms with van der Waals surface area (Å²) in [6.07, 6.45) is 0. The van der Waals surface area contributed by atoms with Gasteiger partial charge in [0.15, 0.2) is 0 Å². The van der Waals surface area contributed by atoms with Crippen LogP contribution in [0.15, 0.2) is 74.8 Å². The number of aromatic nitrogens is 5. The van der Waals surface area contributed by atoms with Crippen molar-refractivity contribution in [1.82, 2.24) is 25.1 Å². The van der Waals surface area contributed by atoms with Gasteiger partial charge in [0, 0.05) is 16.7 Å². The minimum atomic E-state index is -0.738. The van der Waals surface area contributed by atoms with Gasteiger partial charge in [0.2, 0.25) is 11.7 Å². The molecule has 0 atom stereocenters. The first-order valence-electron chi connectivity index (χ1n) is 9.06. The first-order valence-corrected chi connectivity index (χ1v) is 9.44. The van der Waals surface area contributed by atoms with E-state index in [-0.39, 0.29) is 11.7 Å². The Morgan fingerprint density at radius 2 is 1.65 bits per heavy atom. The van der Waals surface area contributed by atoms with E-state index in [1.165, 1.54) is 0 Å². The lowest BCUT2D eigenvalue weighted by Crippen LogP contribution is -2.28. The number of rotatable bonds is 4. The van der Waals surface area contributed by atoms with Gasteiger partial charge in [0.25, 0.3) is 5.89 Å². The molecule has 3 heterocycles. The molecule has 0 radical (unpaired) electrons. The number of benzene rings is 2. The molecule has 0 saturated heterocycles. The van der Waals surface area contributed by atoms with Crippen LogP contribution in [0.5, 0.6) is 11.6 Å². The number of H-pyrrole nitrogens is 2.